The van der Waals surface area contributed by atoms with Gasteiger partial charge in [0.05, 0.1) is 11.5 Å². The lowest BCUT2D eigenvalue weighted by Crippen LogP contribution is -2.34. The minimum absolute atomic E-state index is 0.184. The Kier molecular flexibility index (Phi) is 6.45. The molecule has 0 N–H and O–H groups in total. The molecule has 27 heavy (non-hydrogen) atoms. The number of aryl methyl sites for hydroxylation is 1. The molecule has 1 fully saturated rings. The van der Waals surface area contributed by atoms with Crippen molar-refractivity contribution in [2.75, 3.05) is 19.7 Å². The van der Waals surface area contributed by atoms with Gasteiger partial charge in [-0.05, 0) is 74.1 Å². The number of sulfonamides is 1. The molecule has 4 nitrogen and oxygen atoms in total. The second kappa shape index (κ2) is 8.63. The van der Waals surface area contributed by atoms with Crippen LogP contribution in [-0.2, 0) is 10.0 Å². The molecule has 0 spiro atoms. The van der Waals surface area contributed by atoms with Crippen LogP contribution in [0.3, 0.4) is 0 Å². The highest BCUT2D eigenvalue weighted by atomic mass is 35.5. The van der Waals surface area contributed by atoms with Gasteiger partial charge in [-0.2, -0.15) is 4.31 Å². The van der Waals surface area contributed by atoms with E-state index < -0.39 is 10.0 Å². The minimum Gasteiger partial charge on any atom is -0.494 e. The summed E-state index contributed by atoms with van der Waals surface area (Å²) in [6.07, 6.45) is 2.87. The predicted octanol–water partition coefficient (Wildman–Crippen LogP) is 5.01. The standard InChI is InChI=1S/C21H26ClNO3S/c1-3-26-21-12-11-20(14-16(21)2)27(24,25)23-13-5-4-6-18(15-23)17-7-9-19(22)10-8-17/h7-12,14,18H,3-6,13,15H2,1-2H3. The summed E-state index contributed by atoms with van der Waals surface area (Å²) >= 11 is 6.00. The van der Waals surface area contributed by atoms with E-state index in [-0.39, 0.29) is 5.92 Å². The lowest BCUT2D eigenvalue weighted by molar-refractivity contribution is 0.337. The van der Waals surface area contributed by atoms with E-state index in [0.29, 0.717) is 29.6 Å². The van der Waals surface area contributed by atoms with Gasteiger partial charge in [-0.25, -0.2) is 8.42 Å². The van der Waals surface area contributed by atoms with Gasteiger partial charge in [0, 0.05) is 18.1 Å². The van der Waals surface area contributed by atoms with E-state index >= 15 is 0 Å². The first-order valence-electron chi connectivity index (χ1n) is 9.41. The van der Waals surface area contributed by atoms with E-state index in [1.54, 1.807) is 22.5 Å². The van der Waals surface area contributed by atoms with Crippen LogP contribution < -0.4 is 4.74 Å². The van der Waals surface area contributed by atoms with Gasteiger partial charge in [0.15, 0.2) is 0 Å². The maximum Gasteiger partial charge on any atom is 0.243 e. The molecule has 0 radical (unpaired) electrons. The van der Waals surface area contributed by atoms with Crippen LogP contribution in [0.4, 0.5) is 0 Å². The van der Waals surface area contributed by atoms with Crippen molar-refractivity contribution >= 4 is 21.6 Å². The van der Waals surface area contributed by atoms with Crippen LogP contribution in [0.1, 0.15) is 43.2 Å². The summed E-state index contributed by atoms with van der Waals surface area (Å²) in [6, 6.07) is 12.9. The van der Waals surface area contributed by atoms with Crippen LogP contribution in [0.15, 0.2) is 47.4 Å². The number of halogens is 1. The Balaban J connectivity index is 1.86. The molecule has 2 aromatic rings. The topological polar surface area (TPSA) is 46.6 Å². The van der Waals surface area contributed by atoms with E-state index in [2.05, 4.69) is 0 Å². The first kappa shape index (κ1) is 20.2. The fourth-order valence-electron chi connectivity index (χ4n) is 3.58. The van der Waals surface area contributed by atoms with Crippen molar-refractivity contribution in [3.63, 3.8) is 0 Å². The summed E-state index contributed by atoms with van der Waals surface area (Å²) in [6.45, 7) is 5.40. The molecule has 2 aromatic carbocycles. The first-order valence-corrected chi connectivity index (χ1v) is 11.2. The molecule has 0 saturated carbocycles. The Morgan fingerprint density at radius 1 is 1.15 bits per heavy atom. The predicted molar refractivity (Wildman–Crippen MR) is 109 cm³/mol. The summed E-state index contributed by atoms with van der Waals surface area (Å²) in [5, 5.41) is 0.696. The lowest BCUT2D eigenvalue weighted by Gasteiger charge is -2.24. The Labute approximate surface area is 167 Å². The zero-order valence-corrected chi connectivity index (χ0v) is 17.4. The molecule has 0 aliphatic carbocycles. The van der Waals surface area contributed by atoms with Gasteiger partial charge < -0.3 is 4.74 Å². The number of hydrogen-bond donors (Lipinski definition) is 0. The third-order valence-corrected chi connectivity index (χ3v) is 7.17. The average Bonchev–Trinajstić information content (AvgIpc) is 2.91. The Hall–Kier alpha value is -1.56. The molecule has 1 atom stereocenters. The molecular formula is C21H26ClNO3S. The summed E-state index contributed by atoms with van der Waals surface area (Å²) in [5.41, 5.74) is 1.98. The Morgan fingerprint density at radius 3 is 2.56 bits per heavy atom. The Morgan fingerprint density at radius 2 is 1.89 bits per heavy atom. The summed E-state index contributed by atoms with van der Waals surface area (Å²) < 4.78 is 33.7. The van der Waals surface area contributed by atoms with Crippen molar-refractivity contribution in [2.45, 2.75) is 43.9 Å². The van der Waals surface area contributed by atoms with Gasteiger partial charge in [-0.3, -0.25) is 0 Å². The monoisotopic (exact) mass is 407 g/mol. The van der Waals surface area contributed by atoms with Crippen molar-refractivity contribution in [1.29, 1.82) is 0 Å². The van der Waals surface area contributed by atoms with Crippen LogP contribution in [0, 0.1) is 6.92 Å². The molecule has 1 heterocycles. The molecule has 1 aliphatic heterocycles. The molecule has 1 saturated heterocycles. The maximum absolute atomic E-state index is 13.3. The lowest BCUT2D eigenvalue weighted by atomic mass is 9.95. The second-order valence-corrected chi connectivity index (χ2v) is 9.34. The van der Waals surface area contributed by atoms with Crippen LogP contribution in [0.25, 0.3) is 0 Å². The van der Waals surface area contributed by atoms with Gasteiger partial charge in [-0.1, -0.05) is 30.2 Å². The van der Waals surface area contributed by atoms with Gasteiger partial charge in [0.2, 0.25) is 10.0 Å². The smallest absolute Gasteiger partial charge is 0.243 e. The number of nitrogens with zero attached hydrogens (tertiary/aromatic N) is 1. The molecule has 6 heteroatoms. The maximum atomic E-state index is 13.3. The largest absolute Gasteiger partial charge is 0.494 e. The number of ether oxygens (including phenoxy) is 1. The molecular weight excluding hydrogens is 382 g/mol. The highest BCUT2D eigenvalue weighted by molar-refractivity contribution is 7.89. The molecule has 1 unspecified atom stereocenters. The quantitative estimate of drug-likeness (QED) is 0.700. The van der Waals surface area contributed by atoms with E-state index in [9.17, 15) is 8.42 Å². The number of benzene rings is 2. The van der Waals surface area contributed by atoms with E-state index in [1.807, 2.05) is 38.1 Å². The van der Waals surface area contributed by atoms with E-state index in [4.69, 9.17) is 16.3 Å². The molecule has 0 amide bonds. The van der Waals surface area contributed by atoms with Crippen molar-refractivity contribution in [3.8, 4) is 5.75 Å². The minimum atomic E-state index is -3.54. The zero-order valence-electron chi connectivity index (χ0n) is 15.8. The van der Waals surface area contributed by atoms with Gasteiger partial charge in [0.25, 0.3) is 0 Å². The average molecular weight is 408 g/mol. The third-order valence-electron chi connectivity index (χ3n) is 5.06. The fraction of sp³-hybridized carbons (Fsp3) is 0.429. The molecule has 0 aromatic heterocycles. The van der Waals surface area contributed by atoms with E-state index in [0.717, 1.165) is 36.1 Å². The van der Waals surface area contributed by atoms with Crippen molar-refractivity contribution in [1.82, 2.24) is 4.31 Å². The van der Waals surface area contributed by atoms with Gasteiger partial charge >= 0.3 is 0 Å². The van der Waals surface area contributed by atoms with Gasteiger partial charge in [0.1, 0.15) is 5.75 Å². The third kappa shape index (κ3) is 4.65. The van der Waals surface area contributed by atoms with Crippen molar-refractivity contribution < 1.29 is 13.2 Å². The highest BCUT2D eigenvalue weighted by Gasteiger charge is 2.30. The molecule has 0 bridgehead atoms. The molecule has 146 valence electrons. The van der Waals surface area contributed by atoms with Crippen molar-refractivity contribution in [3.05, 3.63) is 58.6 Å². The number of hydrogen-bond acceptors (Lipinski definition) is 3. The first-order chi connectivity index (χ1) is 12.9. The highest BCUT2D eigenvalue weighted by Crippen LogP contribution is 2.31. The van der Waals surface area contributed by atoms with Crippen molar-refractivity contribution in [2.24, 2.45) is 0 Å². The second-order valence-electron chi connectivity index (χ2n) is 6.97. The molecule has 3 rings (SSSR count). The SMILES string of the molecule is CCOc1ccc(S(=O)(=O)N2CCCCC(c3ccc(Cl)cc3)C2)cc1C. The summed E-state index contributed by atoms with van der Waals surface area (Å²) in [4.78, 5) is 0.334. The Bertz CT molecular complexity index is 881. The van der Waals surface area contributed by atoms with E-state index in [1.165, 1.54) is 0 Å². The van der Waals surface area contributed by atoms with Crippen LogP contribution in [-0.4, -0.2) is 32.4 Å². The zero-order chi connectivity index (χ0) is 19.4. The van der Waals surface area contributed by atoms with Gasteiger partial charge in [-0.15, -0.1) is 0 Å². The molecule has 1 aliphatic rings. The van der Waals surface area contributed by atoms with Crippen LogP contribution in [0.5, 0.6) is 5.75 Å². The number of rotatable bonds is 5. The fourth-order valence-corrected chi connectivity index (χ4v) is 5.32. The van der Waals surface area contributed by atoms with Crippen LogP contribution in [0.2, 0.25) is 5.02 Å². The van der Waals surface area contributed by atoms with Crippen LogP contribution >= 0.6 is 11.6 Å². The summed E-state index contributed by atoms with van der Waals surface area (Å²) in [5.74, 6) is 0.912. The summed E-state index contributed by atoms with van der Waals surface area (Å²) in [7, 11) is -3.54. The normalized spacial score (nSPS) is 18.9.